The summed E-state index contributed by atoms with van der Waals surface area (Å²) in [5.74, 6) is 0.824. The van der Waals surface area contributed by atoms with E-state index in [0.29, 0.717) is 41.1 Å². The van der Waals surface area contributed by atoms with Gasteiger partial charge in [-0.05, 0) is 18.1 Å². The van der Waals surface area contributed by atoms with Crippen molar-refractivity contribution < 1.29 is 27.4 Å². The number of carbonyl (C=O) groups excluding carboxylic acids is 1. The van der Waals surface area contributed by atoms with Crippen molar-refractivity contribution in [2.75, 3.05) is 18.5 Å². The maximum atomic E-state index is 13.1. The lowest BCUT2D eigenvalue weighted by Crippen LogP contribution is -2.16. The van der Waals surface area contributed by atoms with Crippen LogP contribution < -0.4 is 14.8 Å². The van der Waals surface area contributed by atoms with Crippen molar-refractivity contribution in [3.05, 3.63) is 53.5 Å². The maximum absolute atomic E-state index is 13.1. The molecule has 1 aromatic carbocycles. The van der Waals surface area contributed by atoms with Crippen molar-refractivity contribution in [3.8, 4) is 17.3 Å². The number of hydrogen-bond acceptors (Lipinski definition) is 7. The van der Waals surface area contributed by atoms with Crippen LogP contribution in [0.15, 0.2) is 36.7 Å². The lowest BCUT2D eigenvalue weighted by atomic mass is 10.1. The smallest absolute Gasteiger partial charge is 0.417 e. The molecule has 176 valence electrons. The van der Waals surface area contributed by atoms with E-state index in [1.165, 1.54) is 28.3 Å². The SMILES string of the molecule is CC(C)c1c(C(=O)Nc2nc3cc4c(cc3s2)OCCO4)cnn1-c1ccc(C(F)(F)F)cn1. The first-order chi connectivity index (χ1) is 16.2. The van der Waals surface area contributed by atoms with Crippen LogP contribution in [0.3, 0.4) is 0 Å². The molecule has 12 heteroatoms. The average Bonchev–Trinajstić information content (AvgIpc) is 3.40. The van der Waals surface area contributed by atoms with E-state index in [2.05, 4.69) is 20.4 Å². The van der Waals surface area contributed by atoms with Crippen LogP contribution in [-0.2, 0) is 6.18 Å². The van der Waals surface area contributed by atoms with Gasteiger partial charge < -0.3 is 9.47 Å². The molecule has 1 aliphatic heterocycles. The van der Waals surface area contributed by atoms with Gasteiger partial charge in [0.15, 0.2) is 22.4 Å². The predicted molar refractivity (Wildman–Crippen MR) is 119 cm³/mol. The second-order valence-electron chi connectivity index (χ2n) is 7.85. The topological polar surface area (TPSA) is 91.2 Å². The molecule has 34 heavy (non-hydrogen) atoms. The highest BCUT2D eigenvalue weighted by atomic mass is 32.1. The number of aromatic nitrogens is 4. The molecule has 1 N–H and O–H groups in total. The molecule has 0 radical (unpaired) electrons. The van der Waals surface area contributed by atoms with E-state index >= 15 is 0 Å². The third-order valence-corrected chi connectivity index (χ3v) is 6.10. The Labute approximate surface area is 195 Å². The highest BCUT2D eigenvalue weighted by Crippen LogP contribution is 2.38. The van der Waals surface area contributed by atoms with E-state index in [9.17, 15) is 18.0 Å². The van der Waals surface area contributed by atoms with Gasteiger partial charge in [-0.3, -0.25) is 10.1 Å². The first kappa shape index (κ1) is 22.1. The minimum Gasteiger partial charge on any atom is -0.486 e. The molecule has 0 bridgehead atoms. The van der Waals surface area contributed by atoms with Crippen LogP contribution in [0, 0.1) is 0 Å². The van der Waals surface area contributed by atoms with Crippen LogP contribution in [0.4, 0.5) is 18.3 Å². The molecule has 0 unspecified atom stereocenters. The Bertz CT molecular complexity index is 1340. The Morgan fingerprint density at radius 3 is 2.53 bits per heavy atom. The largest absolute Gasteiger partial charge is 0.486 e. The van der Waals surface area contributed by atoms with Gasteiger partial charge in [-0.1, -0.05) is 25.2 Å². The standard InChI is InChI=1S/C22H18F3N5O3S/c1-11(2)19-13(10-27-30(19)18-4-3-12(9-26-18)22(23,24)25)20(31)29-21-28-14-7-15-16(8-17(14)34-21)33-6-5-32-15/h3-4,7-11H,5-6H2,1-2H3,(H,28,29,31). The Morgan fingerprint density at radius 2 is 1.88 bits per heavy atom. The third-order valence-electron chi connectivity index (χ3n) is 5.16. The van der Waals surface area contributed by atoms with Crippen molar-refractivity contribution >= 4 is 32.6 Å². The first-order valence-corrected chi connectivity index (χ1v) is 11.2. The van der Waals surface area contributed by atoms with E-state index < -0.39 is 17.6 Å². The summed E-state index contributed by atoms with van der Waals surface area (Å²) >= 11 is 1.29. The van der Waals surface area contributed by atoms with Crippen molar-refractivity contribution in [3.63, 3.8) is 0 Å². The number of pyridine rings is 1. The van der Waals surface area contributed by atoms with Crippen LogP contribution in [0.5, 0.6) is 11.5 Å². The summed E-state index contributed by atoms with van der Waals surface area (Å²) in [6, 6.07) is 5.75. The maximum Gasteiger partial charge on any atom is 0.417 e. The number of hydrogen-bond donors (Lipinski definition) is 1. The molecule has 0 saturated heterocycles. The van der Waals surface area contributed by atoms with E-state index in [1.54, 1.807) is 6.07 Å². The fourth-order valence-corrected chi connectivity index (χ4v) is 4.50. The second-order valence-corrected chi connectivity index (χ2v) is 8.88. The van der Waals surface area contributed by atoms with Crippen LogP contribution in [0.1, 0.15) is 41.4 Å². The Kier molecular flexibility index (Phi) is 5.39. The summed E-state index contributed by atoms with van der Waals surface area (Å²) in [6.07, 6.45) is -2.37. The molecule has 4 aromatic rings. The molecule has 0 atom stereocenters. The number of nitrogens with one attached hydrogen (secondary N) is 1. The van der Waals surface area contributed by atoms with Gasteiger partial charge in [0.05, 0.1) is 33.2 Å². The monoisotopic (exact) mass is 489 g/mol. The van der Waals surface area contributed by atoms with Gasteiger partial charge in [-0.25, -0.2) is 14.6 Å². The molecule has 1 aliphatic rings. The Morgan fingerprint density at radius 1 is 1.15 bits per heavy atom. The normalized spacial score (nSPS) is 13.5. The number of carbonyl (C=O) groups is 1. The van der Waals surface area contributed by atoms with Crippen molar-refractivity contribution in [2.24, 2.45) is 0 Å². The number of alkyl halides is 3. The quantitative estimate of drug-likeness (QED) is 0.432. The molecule has 0 spiro atoms. The molecular formula is C22H18F3N5O3S. The Balaban J connectivity index is 1.43. The van der Waals surface area contributed by atoms with Gasteiger partial charge in [0, 0.05) is 18.3 Å². The number of ether oxygens (including phenoxy) is 2. The molecule has 8 nitrogen and oxygen atoms in total. The number of fused-ring (bicyclic) bond motifs is 2. The highest BCUT2D eigenvalue weighted by molar-refractivity contribution is 7.22. The summed E-state index contributed by atoms with van der Waals surface area (Å²) in [6.45, 7) is 4.64. The molecule has 3 aromatic heterocycles. The molecular weight excluding hydrogens is 471 g/mol. The van der Waals surface area contributed by atoms with E-state index in [4.69, 9.17) is 9.47 Å². The molecule has 0 aliphatic carbocycles. The molecule has 4 heterocycles. The average molecular weight is 489 g/mol. The van der Waals surface area contributed by atoms with Gasteiger partial charge in [-0.2, -0.15) is 18.3 Å². The minimum absolute atomic E-state index is 0.163. The van der Waals surface area contributed by atoms with Crippen LogP contribution in [-0.4, -0.2) is 38.9 Å². The van der Waals surface area contributed by atoms with E-state index in [-0.39, 0.29) is 17.3 Å². The van der Waals surface area contributed by atoms with Crippen molar-refractivity contribution in [1.82, 2.24) is 19.7 Å². The first-order valence-electron chi connectivity index (χ1n) is 10.3. The van der Waals surface area contributed by atoms with Gasteiger partial charge >= 0.3 is 6.18 Å². The summed E-state index contributed by atoms with van der Waals surface area (Å²) in [4.78, 5) is 21.4. The van der Waals surface area contributed by atoms with E-state index in [1.807, 2.05) is 19.9 Å². The number of thiazole rings is 1. The predicted octanol–water partition coefficient (Wildman–Crippen LogP) is 5.04. The van der Waals surface area contributed by atoms with Crippen LogP contribution in [0.25, 0.3) is 16.0 Å². The van der Waals surface area contributed by atoms with Gasteiger partial charge in [0.1, 0.15) is 13.2 Å². The van der Waals surface area contributed by atoms with Crippen molar-refractivity contribution in [2.45, 2.75) is 25.9 Å². The zero-order chi connectivity index (χ0) is 24.0. The minimum atomic E-state index is -4.49. The summed E-state index contributed by atoms with van der Waals surface area (Å²) in [5.41, 5.74) is 0.601. The number of halogens is 3. The number of benzene rings is 1. The van der Waals surface area contributed by atoms with Gasteiger partial charge in [-0.15, -0.1) is 0 Å². The molecule has 0 saturated carbocycles. The lowest BCUT2D eigenvalue weighted by molar-refractivity contribution is -0.137. The van der Waals surface area contributed by atoms with Crippen LogP contribution in [0.2, 0.25) is 0 Å². The lowest BCUT2D eigenvalue weighted by Gasteiger charge is -2.17. The van der Waals surface area contributed by atoms with Gasteiger partial charge in [0.25, 0.3) is 5.91 Å². The third kappa shape index (κ3) is 4.04. The molecule has 5 rings (SSSR count). The number of anilines is 1. The van der Waals surface area contributed by atoms with Crippen molar-refractivity contribution in [1.29, 1.82) is 0 Å². The summed E-state index contributed by atoms with van der Waals surface area (Å²) < 4.78 is 52.0. The fraction of sp³-hybridized carbons (Fsp3) is 0.273. The summed E-state index contributed by atoms with van der Waals surface area (Å²) in [7, 11) is 0. The zero-order valence-corrected chi connectivity index (χ0v) is 18.8. The molecule has 0 fully saturated rings. The number of amides is 1. The number of nitrogens with zero attached hydrogens (tertiary/aromatic N) is 4. The van der Waals surface area contributed by atoms with E-state index in [0.717, 1.165) is 17.0 Å². The van der Waals surface area contributed by atoms with Gasteiger partial charge in [0.2, 0.25) is 0 Å². The highest BCUT2D eigenvalue weighted by Gasteiger charge is 2.31. The second kappa shape index (κ2) is 8.28. The summed E-state index contributed by atoms with van der Waals surface area (Å²) in [5, 5.41) is 7.40. The number of rotatable bonds is 4. The van der Waals surface area contributed by atoms with Crippen LogP contribution >= 0.6 is 11.3 Å². The fourth-order valence-electron chi connectivity index (χ4n) is 3.63. The zero-order valence-electron chi connectivity index (χ0n) is 18.0. The molecule has 1 amide bonds. The Hall–Kier alpha value is -3.67.